The molecule has 0 aliphatic carbocycles. The molecule has 5 nitrogen and oxygen atoms in total. The normalized spacial score (nSPS) is 23.4. The molecule has 2 aliphatic rings. The van der Waals surface area contributed by atoms with Gasteiger partial charge in [0.1, 0.15) is 5.82 Å². The van der Waals surface area contributed by atoms with Crippen molar-refractivity contribution in [3.63, 3.8) is 0 Å². The number of fused-ring (bicyclic) bond motifs is 1. The highest BCUT2D eigenvalue weighted by Gasteiger charge is 2.30. The van der Waals surface area contributed by atoms with Crippen LogP contribution in [0.4, 0.5) is 4.39 Å². The lowest BCUT2D eigenvalue weighted by molar-refractivity contribution is 0.100. The number of piperidine rings is 1. The quantitative estimate of drug-likeness (QED) is 0.662. The number of H-pyrrole nitrogens is 1. The topological polar surface area (TPSA) is 50.3 Å². The van der Waals surface area contributed by atoms with Crippen molar-refractivity contribution in [3.05, 3.63) is 69.4 Å². The van der Waals surface area contributed by atoms with Crippen molar-refractivity contribution in [2.75, 3.05) is 26.2 Å². The summed E-state index contributed by atoms with van der Waals surface area (Å²) in [5.74, 6) is 0.267. The molecule has 5 rings (SSSR count). The SMILES string of the molecule is O=c1[nH]c2cc(Cl)ccc2n1C1CCN(C[C@@H]2CO[C@H](c3ccc(F)cc3)C2)CC1. The Morgan fingerprint density at radius 3 is 2.67 bits per heavy atom. The number of likely N-dealkylation sites (tertiary alicyclic amines) is 1. The Labute approximate surface area is 179 Å². The molecule has 0 amide bonds. The number of ether oxygens (including phenoxy) is 1. The fraction of sp³-hybridized carbons (Fsp3) is 0.435. The first-order chi connectivity index (χ1) is 14.6. The first-order valence-electron chi connectivity index (χ1n) is 10.6. The van der Waals surface area contributed by atoms with Crippen LogP contribution >= 0.6 is 11.6 Å². The maximum absolute atomic E-state index is 13.1. The van der Waals surface area contributed by atoms with Gasteiger partial charge in [0.15, 0.2) is 0 Å². The molecule has 0 saturated carbocycles. The van der Waals surface area contributed by atoms with Crippen molar-refractivity contribution in [3.8, 4) is 0 Å². The van der Waals surface area contributed by atoms with Crippen molar-refractivity contribution in [1.29, 1.82) is 0 Å². The van der Waals surface area contributed by atoms with Crippen molar-refractivity contribution in [2.45, 2.75) is 31.4 Å². The zero-order chi connectivity index (χ0) is 20.7. The summed E-state index contributed by atoms with van der Waals surface area (Å²) < 4.78 is 21.0. The molecule has 2 atom stereocenters. The second-order valence-corrected chi connectivity index (χ2v) is 8.91. The molecule has 7 heteroatoms. The van der Waals surface area contributed by atoms with E-state index in [2.05, 4.69) is 9.88 Å². The van der Waals surface area contributed by atoms with E-state index in [0.29, 0.717) is 10.9 Å². The van der Waals surface area contributed by atoms with E-state index in [1.807, 2.05) is 34.9 Å². The largest absolute Gasteiger partial charge is 0.373 e. The number of hydrogen-bond donors (Lipinski definition) is 1. The minimum absolute atomic E-state index is 0.0583. The van der Waals surface area contributed by atoms with Crippen molar-refractivity contribution < 1.29 is 9.13 Å². The summed E-state index contributed by atoms with van der Waals surface area (Å²) in [6.07, 6.45) is 2.92. The van der Waals surface area contributed by atoms with Crippen LogP contribution in [0.2, 0.25) is 5.02 Å². The third-order valence-corrected chi connectivity index (χ3v) is 6.67. The smallest absolute Gasteiger partial charge is 0.326 e. The molecule has 30 heavy (non-hydrogen) atoms. The lowest BCUT2D eigenvalue weighted by Crippen LogP contribution is -2.39. The Bertz CT molecular complexity index is 1090. The van der Waals surface area contributed by atoms with Crippen molar-refractivity contribution >= 4 is 22.6 Å². The van der Waals surface area contributed by atoms with Gasteiger partial charge in [0.05, 0.1) is 23.7 Å². The van der Waals surface area contributed by atoms with Crippen LogP contribution in [0.25, 0.3) is 11.0 Å². The van der Waals surface area contributed by atoms with Crippen LogP contribution in [0.3, 0.4) is 0 Å². The van der Waals surface area contributed by atoms with E-state index in [-0.39, 0.29) is 23.7 Å². The average molecular weight is 430 g/mol. The number of nitrogens with zero attached hydrogens (tertiary/aromatic N) is 2. The van der Waals surface area contributed by atoms with Gasteiger partial charge in [-0.25, -0.2) is 9.18 Å². The number of aromatic amines is 1. The highest BCUT2D eigenvalue weighted by molar-refractivity contribution is 6.31. The Hall–Kier alpha value is -2.15. The van der Waals surface area contributed by atoms with Gasteiger partial charge in [0, 0.05) is 30.7 Å². The van der Waals surface area contributed by atoms with E-state index in [4.69, 9.17) is 16.3 Å². The summed E-state index contributed by atoms with van der Waals surface area (Å²) in [4.78, 5) is 17.9. The van der Waals surface area contributed by atoms with E-state index < -0.39 is 0 Å². The summed E-state index contributed by atoms with van der Waals surface area (Å²) in [6.45, 7) is 3.68. The molecular formula is C23H25ClFN3O2. The van der Waals surface area contributed by atoms with E-state index in [9.17, 15) is 9.18 Å². The van der Waals surface area contributed by atoms with Gasteiger partial charge in [-0.3, -0.25) is 4.57 Å². The maximum atomic E-state index is 13.1. The van der Waals surface area contributed by atoms with Gasteiger partial charge in [-0.05, 0) is 61.1 Å². The van der Waals surface area contributed by atoms with Crippen LogP contribution in [0, 0.1) is 11.7 Å². The van der Waals surface area contributed by atoms with Crippen molar-refractivity contribution in [2.24, 2.45) is 5.92 Å². The van der Waals surface area contributed by atoms with Crippen LogP contribution in [-0.2, 0) is 4.74 Å². The zero-order valence-electron chi connectivity index (χ0n) is 16.7. The predicted octanol–water partition coefficient (Wildman–Crippen LogP) is 4.54. The third kappa shape index (κ3) is 3.92. The minimum Gasteiger partial charge on any atom is -0.373 e. The van der Waals surface area contributed by atoms with Gasteiger partial charge in [-0.15, -0.1) is 0 Å². The number of imidazole rings is 1. The van der Waals surface area contributed by atoms with Crippen LogP contribution in [0.5, 0.6) is 0 Å². The highest BCUT2D eigenvalue weighted by atomic mass is 35.5. The molecule has 2 aliphatic heterocycles. The van der Waals surface area contributed by atoms with Crippen molar-refractivity contribution in [1.82, 2.24) is 14.5 Å². The molecular weight excluding hydrogens is 405 g/mol. The molecule has 158 valence electrons. The van der Waals surface area contributed by atoms with Gasteiger partial charge >= 0.3 is 5.69 Å². The highest BCUT2D eigenvalue weighted by Crippen LogP contribution is 2.34. The van der Waals surface area contributed by atoms with E-state index >= 15 is 0 Å². The van der Waals surface area contributed by atoms with Crippen LogP contribution in [0.1, 0.15) is 37.0 Å². The molecule has 2 aromatic carbocycles. The summed E-state index contributed by atoms with van der Waals surface area (Å²) in [5.41, 5.74) is 2.72. The molecule has 3 aromatic rings. The fourth-order valence-electron chi connectivity index (χ4n) is 4.92. The maximum Gasteiger partial charge on any atom is 0.326 e. The molecule has 2 fully saturated rings. The Balaban J connectivity index is 1.19. The van der Waals surface area contributed by atoms with Crippen LogP contribution in [-0.4, -0.2) is 40.7 Å². The molecule has 0 unspecified atom stereocenters. The summed E-state index contributed by atoms with van der Waals surface area (Å²) in [6, 6.07) is 12.4. The number of benzene rings is 2. The van der Waals surface area contributed by atoms with E-state index in [1.54, 1.807) is 0 Å². The Kier molecular flexibility index (Phi) is 5.39. The summed E-state index contributed by atoms with van der Waals surface area (Å²) in [7, 11) is 0. The monoisotopic (exact) mass is 429 g/mol. The number of nitrogens with one attached hydrogen (secondary N) is 1. The molecule has 2 saturated heterocycles. The third-order valence-electron chi connectivity index (χ3n) is 6.44. The lowest BCUT2D eigenvalue weighted by Gasteiger charge is -2.33. The van der Waals surface area contributed by atoms with Gasteiger partial charge in [0.2, 0.25) is 0 Å². The molecule has 0 bridgehead atoms. The van der Waals surface area contributed by atoms with Gasteiger partial charge < -0.3 is 14.6 Å². The number of hydrogen-bond acceptors (Lipinski definition) is 3. The first kappa shape index (κ1) is 19.8. The zero-order valence-corrected chi connectivity index (χ0v) is 17.4. The Morgan fingerprint density at radius 1 is 1.13 bits per heavy atom. The second kappa shape index (κ2) is 8.17. The fourth-order valence-corrected chi connectivity index (χ4v) is 5.09. The number of aromatic nitrogens is 2. The molecule has 3 heterocycles. The van der Waals surface area contributed by atoms with Crippen LogP contribution in [0.15, 0.2) is 47.3 Å². The predicted molar refractivity (Wildman–Crippen MR) is 115 cm³/mol. The lowest BCUT2D eigenvalue weighted by atomic mass is 9.98. The first-order valence-corrected chi connectivity index (χ1v) is 10.9. The molecule has 0 radical (unpaired) electrons. The average Bonchev–Trinajstić information content (AvgIpc) is 3.32. The summed E-state index contributed by atoms with van der Waals surface area (Å²) >= 11 is 6.06. The van der Waals surface area contributed by atoms with Gasteiger partial charge in [-0.1, -0.05) is 23.7 Å². The van der Waals surface area contributed by atoms with Crippen LogP contribution < -0.4 is 5.69 Å². The molecule has 1 N–H and O–H groups in total. The molecule has 1 aromatic heterocycles. The Morgan fingerprint density at radius 2 is 1.90 bits per heavy atom. The summed E-state index contributed by atoms with van der Waals surface area (Å²) in [5, 5.41) is 0.628. The van der Waals surface area contributed by atoms with E-state index in [1.165, 1.54) is 12.1 Å². The standard InChI is InChI=1S/C23H25ClFN3O2/c24-17-3-6-21-20(12-17)26-23(29)28(21)19-7-9-27(10-8-19)13-15-11-22(30-14-15)16-1-4-18(25)5-2-16/h1-6,12,15,19,22H,7-11,13-14H2,(H,26,29)/t15-,22+/m1/s1. The second-order valence-electron chi connectivity index (χ2n) is 8.47. The van der Waals surface area contributed by atoms with Gasteiger partial charge in [-0.2, -0.15) is 0 Å². The number of rotatable bonds is 4. The minimum atomic E-state index is -0.214. The number of halogens is 2. The van der Waals surface area contributed by atoms with E-state index in [0.717, 1.165) is 62.1 Å². The van der Waals surface area contributed by atoms with Gasteiger partial charge in [0.25, 0.3) is 0 Å². The molecule has 0 spiro atoms.